The molecule has 0 saturated heterocycles. The minimum atomic E-state index is 1.11. The molecule has 128 valence electrons. The third kappa shape index (κ3) is 12.9. The van der Waals surface area contributed by atoms with Gasteiger partial charge in [0, 0.05) is 0 Å². The summed E-state index contributed by atoms with van der Waals surface area (Å²) in [4.78, 5) is 0. The van der Waals surface area contributed by atoms with E-state index in [9.17, 15) is 0 Å². The zero-order valence-electron chi connectivity index (χ0n) is 15.2. The first kappa shape index (κ1) is 19.7. The fourth-order valence-electron chi connectivity index (χ4n) is 2.79. The third-order valence-electron chi connectivity index (χ3n) is 4.26. The molecule has 0 bridgehead atoms. The van der Waals surface area contributed by atoms with Crippen molar-refractivity contribution < 1.29 is 0 Å². The van der Waals surface area contributed by atoms with Gasteiger partial charge in [-0.3, -0.25) is 0 Å². The molecule has 0 fully saturated rings. The molecule has 0 aliphatic rings. The van der Waals surface area contributed by atoms with Crippen LogP contribution in [-0.2, 0) is 6.42 Å². The number of rotatable bonds is 14. The molecule has 0 amide bonds. The second-order valence-electron chi connectivity index (χ2n) is 6.47. The highest BCUT2D eigenvalue weighted by atomic mass is 14.0. The van der Waals surface area contributed by atoms with Crippen LogP contribution >= 0.6 is 0 Å². The van der Waals surface area contributed by atoms with Crippen LogP contribution in [0, 0.1) is 0 Å². The Morgan fingerprint density at radius 3 is 1.96 bits per heavy atom. The van der Waals surface area contributed by atoms with Crippen molar-refractivity contribution in [1.82, 2.24) is 0 Å². The lowest BCUT2D eigenvalue weighted by atomic mass is 10.0. The van der Waals surface area contributed by atoms with E-state index in [0.29, 0.717) is 0 Å². The average Bonchev–Trinajstić information content (AvgIpc) is 2.59. The van der Waals surface area contributed by atoms with Gasteiger partial charge in [-0.2, -0.15) is 0 Å². The second-order valence-corrected chi connectivity index (χ2v) is 6.47. The molecule has 0 aromatic heterocycles. The Morgan fingerprint density at radius 2 is 1.26 bits per heavy atom. The molecule has 0 saturated carbocycles. The second kappa shape index (κ2) is 15.6. The van der Waals surface area contributed by atoms with Crippen LogP contribution < -0.4 is 0 Å². The summed E-state index contributed by atoms with van der Waals surface area (Å²) < 4.78 is 0. The van der Waals surface area contributed by atoms with Crippen molar-refractivity contribution >= 4 is 0 Å². The molecule has 0 radical (unpaired) electrons. The summed E-state index contributed by atoms with van der Waals surface area (Å²) in [6.07, 6.45) is 25.1. The molecule has 0 nitrogen and oxygen atoms in total. The Kier molecular flexibility index (Phi) is 13.4. The van der Waals surface area contributed by atoms with Crippen LogP contribution in [0.5, 0.6) is 0 Å². The summed E-state index contributed by atoms with van der Waals surface area (Å²) in [5.74, 6) is 0. The highest BCUT2D eigenvalue weighted by Gasteiger charge is 1.93. The molecule has 1 aromatic rings. The maximum absolute atomic E-state index is 2.36. The van der Waals surface area contributed by atoms with E-state index >= 15 is 0 Å². The molecule has 0 heterocycles. The van der Waals surface area contributed by atoms with Gasteiger partial charge < -0.3 is 0 Å². The Labute approximate surface area is 144 Å². The van der Waals surface area contributed by atoms with Crippen molar-refractivity contribution in [2.45, 2.75) is 84.0 Å². The SMILES string of the molecule is CCCCC/C=C/C/C=C/CCCCCCCc1ccccc1. The number of allylic oxidation sites excluding steroid dienone is 4. The van der Waals surface area contributed by atoms with Crippen LogP contribution in [0.25, 0.3) is 0 Å². The van der Waals surface area contributed by atoms with Gasteiger partial charge in [-0.25, -0.2) is 0 Å². The maximum Gasteiger partial charge on any atom is -0.0169 e. The highest BCUT2D eigenvalue weighted by Crippen LogP contribution is 2.10. The minimum Gasteiger partial charge on any atom is -0.0882 e. The summed E-state index contributed by atoms with van der Waals surface area (Å²) in [6, 6.07) is 10.9. The molecule has 1 aromatic carbocycles. The van der Waals surface area contributed by atoms with Gasteiger partial charge in [0.25, 0.3) is 0 Å². The number of benzene rings is 1. The number of hydrogen-bond donors (Lipinski definition) is 0. The van der Waals surface area contributed by atoms with Crippen LogP contribution in [-0.4, -0.2) is 0 Å². The van der Waals surface area contributed by atoms with Crippen LogP contribution in [0.15, 0.2) is 54.6 Å². The minimum absolute atomic E-state index is 1.11. The van der Waals surface area contributed by atoms with Gasteiger partial charge in [-0.1, -0.05) is 93.7 Å². The Balaban J connectivity index is 1.83. The normalized spacial score (nSPS) is 11.7. The van der Waals surface area contributed by atoms with E-state index in [2.05, 4.69) is 61.6 Å². The molecule has 0 unspecified atom stereocenters. The Hall–Kier alpha value is -1.30. The molecule has 0 N–H and O–H groups in total. The third-order valence-corrected chi connectivity index (χ3v) is 4.26. The van der Waals surface area contributed by atoms with E-state index in [1.807, 2.05) is 0 Å². The molecule has 0 spiro atoms. The van der Waals surface area contributed by atoms with Crippen molar-refractivity contribution in [3.05, 3.63) is 60.2 Å². The highest BCUT2D eigenvalue weighted by molar-refractivity contribution is 5.14. The zero-order valence-corrected chi connectivity index (χ0v) is 15.2. The van der Waals surface area contributed by atoms with E-state index in [0.717, 1.165) is 6.42 Å². The summed E-state index contributed by atoms with van der Waals surface area (Å²) in [5, 5.41) is 0. The van der Waals surface area contributed by atoms with E-state index in [-0.39, 0.29) is 0 Å². The lowest BCUT2D eigenvalue weighted by molar-refractivity contribution is 0.617. The lowest BCUT2D eigenvalue weighted by Crippen LogP contribution is -1.85. The zero-order chi connectivity index (χ0) is 16.4. The first-order chi connectivity index (χ1) is 11.4. The number of aryl methyl sites for hydroxylation is 1. The largest absolute Gasteiger partial charge is 0.0882 e. The lowest BCUT2D eigenvalue weighted by Gasteiger charge is -2.01. The predicted octanol–water partition coefficient (Wildman–Crippen LogP) is 7.65. The van der Waals surface area contributed by atoms with Gasteiger partial charge >= 0.3 is 0 Å². The van der Waals surface area contributed by atoms with Crippen LogP contribution in [0.3, 0.4) is 0 Å². The Morgan fingerprint density at radius 1 is 0.652 bits per heavy atom. The molecular weight excluding hydrogens is 276 g/mol. The van der Waals surface area contributed by atoms with Crippen molar-refractivity contribution in [2.75, 3.05) is 0 Å². The van der Waals surface area contributed by atoms with Gasteiger partial charge in [-0.15, -0.1) is 0 Å². The topological polar surface area (TPSA) is 0 Å². The monoisotopic (exact) mass is 312 g/mol. The van der Waals surface area contributed by atoms with Crippen molar-refractivity contribution in [3.8, 4) is 0 Å². The summed E-state index contributed by atoms with van der Waals surface area (Å²) in [5.41, 5.74) is 1.48. The van der Waals surface area contributed by atoms with Crippen LogP contribution in [0.1, 0.15) is 83.1 Å². The van der Waals surface area contributed by atoms with Crippen molar-refractivity contribution in [1.29, 1.82) is 0 Å². The van der Waals surface area contributed by atoms with E-state index < -0.39 is 0 Å². The van der Waals surface area contributed by atoms with Gasteiger partial charge in [0.2, 0.25) is 0 Å². The summed E-state index contributed by atoms with van der Waals surface area (Å²) >= 11 is 0. The van der Waals surface area contributed by atoms with Crippen LogP contribution in [0.2, 0.25) is 0 Å². The van der Waals surface area contributed by atoms with Crippen molar-refractivity contribution in [3.63, 3.8) is 0 Å². The number of hydrogen-bond acceptors (Lipinski definition) is 0. The quantitative estimate of drug-likeness (QED) is 0.244. The maximum atomic E-state index is 2.36. The molecule has 0 aliphatic carbocycles. The van der Waals surface area contributed by atoms with Gasteiger partial charge in [0.1, 0.15) is 0 Å². The van der Waals surface area contributed by atoms with Gasteiger partial charge in [0.05, 0.1) is 0 Å². The van der Waals surface area contributed by atoms with Gasteiger partial charge in [0.15, 0.2) is 0 Å². The molecule has 0 atom stereocenters. The Bertz CT molecular complexity index is 399. The standard InChI is InChI=1S/C23H36/c1-2-3-4-5-6-7-8-9-10-11-12-13-14-15-17-20-23-21-18-16-19-22-23/h6-7,9-10,16,18-19,21-22H,2-5,8,11-15,17,20H2,1H3/b7-6+,10-9+. The predicted molar refractivity (Wildman–Crippen MR) is 105 cm³/mol. The smallest absolute Gasteiger partial charge is 0.0169 e. The van der Waals surface area contributed by atoms with Crippen molar-refractivity contribution in [2.24, 2.45) is 0 Å². The van der Waals surface area contributed by atoms with Gasteiger partial charge in [-0.05, 0) is 50.5 Å². The summed E-state index contributed by atoms with van der Waals surface area (Å²) in [6.45, 7) is 2.26. The number of unbranched alkanes of at least 4 members (excludes halogenated alkanes) is 8. The molecule has 1 rings (SSSR count). The van der Waals surface area contributed by atoms with E-state index in [4.69, 9.17) is 0 Å². The molecule has 0 aliphatic heterocycles. The average molecular weight is 313 g/mol. The summed E-state index contributed by atoms with van der Waals surface area (Å²) in [7, 11) is 0. The fourth-order valence-corrected chi connectivity index (χ4v) is 2.79. The molecule has 0 heteroatoms. The van der Waals surface area contributed by atoms with E-state index in [1.54, 1.807) is 0 Å². The van der Waals surface area contributed by atoms with Crippen LogP contribution in [0.4, 0.5) is 0 Å². The van der Waals surface area contributed by atoms with E-state index in [1.165, 1.54) is 76.2 Å². The molecular formula is C23H36. The fraction of sp³-hybridized carbons (Fsp3) is 0.565. The molecule has 23 heavy (non-hydrogen) atoms. The first-order valence-electron chi connectivity index (χ1n) is 9.77. The first-order valence-corrected chi connectivity index (χ1v) is 9.77.